The number of methoxy groups -OCH3 is 1. The Bertz CT molecular complexity index is 251. The maximum Gasteiger partial charge on any atom is 0.193 e. The zero-order valence-electron chi connectivity index (χ0n) is 11.8. The fourth-order valence-corrected chi connectivity index (χ4v) is 3.17. The molecular weight excluding hydrogens is 361 g/mol. The van der Waals surface area contributed by atoms with E-state index in [9.17, 15) is 0 Å². The normalized spacial score (nSPS) is 20.8. The van der Waals surface area contributed by atoms with Crippen molar-refractivity contribution >= 4 is 41.7 Å². The van der Waals surface area contributed by atoms with Crippen LogP contribution in [0.4, 0.5) is 0 Å². The topological polar surface area (TPSA) is 36.9 Å². The van der Waals surface area contributed by atoms with Crippen molar-refractivity contribution in [3.8, 4) is 0 Å². The lowest BCUT2D eigenvalue weighted by atomic mass is 10.1. The number of ether oxygens (including phenoxy) is 1. The molecule has 0 radical (unpaired) electrons. The van der Waals surface area contributed by atoms with Crippen LogP contribution in [-0.4, -0.2) is 62.3 Å². The van der Waals surface area contributed by atoms with E-state index in [1.807, 2.05) is 7.05 Å². The Labute approximate surface area is 132 Å². The quantitative estimate of drug-likeness (QED) is 0.346. The average molecular weight is 387 g/mol. The van der Waals surface area contributed by atoms with E-state index in [2.05, 4.69) is 40.8 Å². The molecule has 0 amide bonds. The average Bonchev–Trinajstić information content (AvgIpc) is 2.35. The zero-order valence-corrected chi connectivity index (χ0v) is 15.0. The van der Waals surface area contributed by atoms with Crippen LogP contribution in [0, 0.1) is 5.92 Å². The number of hydrogen-bond acceptors (Lipinski definition) is 3. The molecule has 1 fully saturated rings. The van der Waals surface area contributed by atoms with E-state index in [0.717, 1.165) is 38.1 Å². The minimum Gasteiger partial charge on any atom is -0.383 e. The summed E-state index contributed by atoms with van der Waals surface area (Å²) in [5, 5.41) is 4.05. The molecule has 0 bridgehead atoms. The highest BCUT2D eigenvalue weighted by Gasteiger charge is 2.24. The molecule has 0 aliphatic carbocycles. The van der Waals surface area contributed by atoms with E-state index < -0.39 is 0 Å². The molecular formula is C12H26IN3OS. The summed E-state index contributed by atoms with van der Waals surface area (Å²) in [5.74, 6) is 2.92. The molecule has 1 atom stereocenters. The van der Waals surface area contributed by atoms with Gasteiger partial charge >= 0.3 is 0 Å². The molecule has 108 valence electrons. The van der Waals surface area contributed by atoms with Gasteiger partial charge in [0.1, 0.15) is 0 Å². The number of thioether (sulfide) groups is 1. The summed E-state index contributed by atoms with van der Waals surface area (Å²) in [6.45, 7) is 8.30. The van der Waals surface area contributed by atoms with Gasteiger partial charge in [0, 0.05) is 44.8 Å². The lowest BCUT2D eigenvalue weighted by Gasteiger charge is -2.36. The Hall–Kier alpha value is 0.310. The number of aliphatic imine (C=N–C) groups is 1. The van der Waals surface area contributed by atoms with Crippen LogP contribution in [0.25, 0.3) is 0 Å². The van der Waals surface area contributed by atoms with Gasteiger partial charge in [-0.3, -0.25) is 4.99 Å². The highest BCUT2D eigenvalue weighted by molar-refractivity contribution is 14.0. The molecule has 1 saturated heterocycles. The van der Waals surface area contributed by atoms with Crippen molar-refractivity contribution in [1.29, 1.82) is 0 Å². The molecule has 0 spiro atoms. The fourth-order valence-electron chi connectivity index (χ4n) is 1.87. The van der Waals surface area contributed by atoms with Gasteiger partial charge in [0.25, 0.3) is 0 Å². The molecule has 1 N–H and O–H groups in total. The predicted molar refractivity (Wildman–Crippen MR) is 91.3 cm³/mol. The summed E-state index contributed by atoms with van der Waals surface area (Å²) in [6.07, 6.45) is 0. The second-order valence-corrected chi connectivity index (χ2v) is 5.91. The van der Waals surface area contributed by atoms with Gasteiger partial charge in [-0.15, -0.1) is 24.0 Å². The number of halogens is 1. The van der Waals surface area contributed by atoms with Crippen LogP contribution in [0.3, 0.4) is 0 Å². The molecule has 1 unspecified atom stereocenters. The van der Waals surface area contributed by atoms with Gasteiger partial charge in [-0.2, -0.15) is 11.8 Å². The van der Waals surface area contributed by atoms with E-state index in [-0.39, 0.29) is 24.0 Å². The van der Waals surface area contributed by atoms with Crippen LogP contribution in [0.5, 0.6) is 0 Å². The van der Waals surface area contributed by atoms with Crippen molar-refractivity contribution in [1.82, 2.24) is 10.2 Å². The standard InChI is InChI=1S/C12H25N3OS.HI/c1-10(2)11-9-15(6-8-17-11)12(13-3)14-5-7-16-4;/h10-11H,5-9H2,1-4H3,(H,13,14);1H. The molecule has 0 aromatic carbocycles. The van der Waals surface area contributed by atoms with Crippen molar-refractivity contribution in [2.45, 2.75) is 19.1 Å². The SMILES string of the molecule is CN=C(NCCOC)N1CCSC(C(C)C)C1.I. The van der Waals surface area contributed by atoms with E-state index in [1.54, 1.807) is 7.11 Å². The third kappa shape index (κ3) is 5.97. The molecule has 0 aromatic rings. The molecule has 1 rings (SSSR count). The van der Waals surface area contributed by atoms with Gasteiger partial charge in [-0.1, -0.05) is 13.8 Å². The van der Waals surface area contributed by atoms with Crippen LogP contribution in [-0.2, 0) is 4.74 Å². The Morgan fingerprint density at radius 3 is 2.83 bits per heavy atom. The summed E-state index contributed by atoms with van der Waals surface area (Å²) in [5.41, 5.74) is 0. The lowest BCUT2D eigenvalue weighted by molar-refractivity contribution is 0.202. The van der Waals surface area contributed by atoms with Gasteiger partial charge in [-0.05, 0) is 5.92 Å². The van der Waals surface area contributed by atoms with Crippen molar-refractivity contribution in [3.05, 3.63) is 0 Å². The minimum absolute atomic E-state index is 0. The summed E-state index contributed by atoms with van der Waals surface area (Å²) < 4.78 is 5.04. The zero-order chi connectivity index (χ0) is 12.7. The van der Waals surface area contributed by atoms with Crippen LogP contribution >= 0.6 is 35.7 Å². The van der Waals surface area contributed by atoms with Crippen LogP contribution < -0.4 is 5.32 Å². The Morgan fingerprint density at radius 1 is 1.56 bits per heavy atom. The third-order valence-corrected chi connectivity index (χ3v) is 4.48. The van der Waals surface area contributed by atoms with Crippen LogP contribution in [0.2, 0.25) is 0 Å². The van der Waals surface area contributed by atoms with Crippen LogP contribution in [0.15, 0.2) is 4.99 Å². The third-order valence-electron chi connectivity index (χ3n) is 2.94. The Kier molecular flexibility index (Phi) is 10.3. The van der Waals surface area contributed by atoms with E-state index in [0.29, 0.717) is 5.25 Å². The molecule has 1 heterocycles. The van der Waals surface area contributed by atoms with Gasteiger partial charge in [0.15, 0.2) is 5.96 Å². The van der Waals surface area contributed by atoms with Gasteiger partial charge in [0.2, 0.25) is 0 Å². The number of guanidine groups is 1. The minimum atomic E-state index is 0. The first-order chi connectivity index (χ1) is 8.19. The van der Waals surface area contributed by atoms with Gasteiger partial charge in [0.05, 0.1) is 6.61 Å². The summed E-state index contributed by atoms with van der Waals surface area (Å²) >= 11 is 2.08. The second kappa shape index (κ2) is 10.1. The monoisotopic (exact) mass is 387 g/mol. The Morgan fingerprint density at radius 2 is 2.28 bits per heavy atom. The van der Waals surface area contributed by atoms with E-state index >= 15 is 0 Å². The Balaban J connectivity index is 0.00000289. The van der Waals surface area contributed by atoms with E-state index in [1.165, 1.54) is 5.75 Å². The van der Waals surface area contributed by atoms with Crippen LogP contribution in [0.1, 0.15) is 13.8 Å². The first-order valence-corrected chi connectivity index (χ1v) is 7.30. The molecule has 6 heteroatoms. The lowest BCUT2D eigenvalue weighted by Crippen LogP contribution is -2.49. The highest BCUT2D eigenvalue weighted by atomic mass is 127. The molecule has 0 saturated carbocycles. The van der Waals surface area contributed by atoms with Crippen molar-refractivity contribution < 1.29 is 4.74 Å². The highest BCUT2D eigenvalue weighted by Crippen LogP contribution is 2.24. The summed E-state index contributed by atoms with van der Waals surface area (Å²) in [6, 6.07) is 0. The summed E-state index contributed by atoms with van der Waals surface area (Å²) in [7, 11) is 3.57. The maximum absolute atomic E-state index is 5.04. The smallest absolute Gasteiger partial charge is 0.193 e. The molecule has 1 aliphatic heterocycles. The molecule has 18 heavy (non-hydrogen) atoms. The fraction of sp³-hybridized carbons (Fsp3) is 0.917. The first kappa shape index (κ1) is 18.3. The number of hydrogen-bond donors (Lipinski definition) is 1. The number of nitrogens with one attached hydrogen (secondary N) is 1. The van der Waals surface area contributed by atoms with Crippen molar-refractivity contribution in [3.63, 3.8) is 0 Å². The van der Waals surface area contributed by atoms with Crippen molar-refractivity contribution in [2.75, 3.05) is 46.2 Å². The summed E-state index contributed by atoms with van der Waals surface area (Å²) in [4.78, 5) is 6.70. The predicted octanol–water partition coefficient (Wildman–Crippen LogP) is 1.90. The van der Waals surface area contributed by atoms with Crippen molar-refractivity contribution in [2.24, 2.45) is 10.9 Å². The number of rotatable bonds is 4. The van der Waals surface area contributed by atoms with Gasteiger partial charge < -0.3 is 15.0 Å². The van der Waals surface area contributed by atoms with Gasteiger partial charge in [-0.25, -0.2) is 0 Å². The first-order valence-electron chi connectivity index (χ1n) is 6.25. The largest absolute Gasteiger partial charge is 0.383 e. The molecule has 1 aliphatic rings. The second-order valence-electron chi connectivity index (χ2n) is 4.57. The van der Waals surface area contributed by atoms with E-state index in [4.69, 9.17) is 4.74 Å². The molecule has 0 aromatic heterocycles. The number of nitrogens with zero attached hydrogens (tertiary/aromatic N) is 2. The maximum atomic E-state index is 5.04. The molecule has 4 nitrogen and oxygen atoms in total.